The fourth-order valence-electron chi connectivity index (χ4n) is 2.49. The number of hydrogen-bond acceptors (Lipinski definition) is 4. The number of carbonyl (C=O) groups excluding carboxylic acids is 2. The van der Waals surface area contributed by atoms with Crippen LogP contribution in [0.1, 0.15) is 27.0 Å². The lowest BCUT2D eigenvalue weighted by molar-refractivity contribution is -0.111. The summed E-state index contributed by atoms with van der Waals surface area (Å²) in [7, 11) is 0. The zero-order valence-corrected chi connectivity index (χ0v) is 15.6. The molecule has 2 N–H and O–H groups in total. The highest BCUT2D eigenvalue weighted by Gasteiger charge is 2.08. The Balaban J connectivity index is 1.69. The van der Waals surface area contributed by atoms with Crippen molar-refractivity contribution in [3.8, 4) is 0 Å². The van der Waals surface area contributed by atoms with Crippen molar-refractivity contribution in [1.29, 1.82) is 0 Å². The fourth-order valence-corrected chi connectivity index (χ4v) is 2.49. The van der Waals surface area contributed by atoms with Crippen LogP contribution in [-0.2, 0) is 4.79 Å². The van der Waals surface area contributed by atoms with Crippen LogP contribution >= 0.6 is 0 Å². The van der Waals surface area contributed by atoms with E-state index in [9.17, 15) is 9.59 Å². The van der Waals surface area contributed by atoms with Crippen LogP contribution in [-0.4, -0.2) is 21.8 Å². The summed E-state index contributed by atoms with van der Waals surface area (Å²) in [6.45, 7) is 3.85. The number of hydrogen-bond donors (Lipinski definition) is 2. The smallest absolute Gasteiger partial charge is 0.255 e. The van der Waals surface area contributed by atoms with E-state index < -0.39 is 0 Å². The molecular formula is C22H20N4O2. The van der Waals surface area contributed by atoms with Gasteiger partial charge in [-0.3, -0.25) is 9.59 Å². The molecule has 0 bridgehead atoms. The number of amides is 2. The predicted molar refractivity (Wildman–Crippen MR) is 110 cm³/mol. The zero-order chi connectivity index (χ0) is 19.9. The van der Waals surface area contributed by atoms with Gasteiger partial charge in [0.1, 0.15) is 6.33 Å². The molecule has 0 unspecified atom stereocenters. The van der Waals surface area contributed by atoms with Crippen molar-refractivity contribution in [3.05, 3.63) is 89.5 Å². The monoisotopic (exact) mass is 372 g/mol. The van der Waals surface area contributed by atoms with Gasteiger partial charge in [0, 0.05) is 41.0 Å². The van der Waals surface area contributed by atoms with Crippen molar-refractivity contribution in [2.24, 2.45) is 0 Å². The number of nitrogens with one attached hydrogen (secondary N) is 2. The minimum Gasteiger partial charge on any atom is -0.322 e. The molecule has 0 atom stereocenters. The van der Waals surface area contributed by atoms with Gasteiger partial charge in [0.25, 0.3) is 5.91 Å². The van der Waals surface area contributed by atoms with Crippen molar-refractivity contribution in [2.75, 3.05) is 10.6 Å². The summed E-state index contributed by atoms with van der Waals surface area (Å²) in [6.07, 6.45) is 7.70. The van der Waals surface area contributed by atoms with Gasteiger partial charge in [-0.05, 0) is 49.8 Å². The first kappa shape index (κ1) is 19.0. The largest absolute Gasteiger partial charge is 0.322 e. The van der Waals surface area contributed by atoms with E-state index in [0.29, 0.717) is 16.9 Å². The number of benzene rings is 2. The third-order valence-electron chi connectivity index (χ3n) is 4.07. The second-order valence-electron chi connectivity index (χ2n) is 6.34. The number of aromatic nitrogens is 2. The first-order valence-electron chi connectivity index (χ1n) is 8.74. The number of anilines is 2. The van der Waals surface area contributed by atoms with E-state index in [1.54, 1.807) is 42.7 Å². The number of aryl methyl sites for hydroxylation is 2. The van der Waals surface area contributed by atoms with Crippen LogP contribution in [0.2, 0.25) is 0 Å². The molecule has 2 amide bonds. The second kappa shape index (κ2) is 8.73. The van der Waals surface area contributed by atoms with Crippen LogP contribution in [0.4, 0.5) is 11.4 Å². The molecule has 0 saturated heterocycles. The normalized spacial score (nSPS) is 10.6. The molecular weight excluding hydrogens is 352 g/mol. The summed E-state index contributed by atoms with van der Waals surface area (Å²) in [4.78, 5) is 32.4. The third kappa shape index (κ3) is 5.11. The van der Waals surface area contributed by atoms with Crippen molar-refractivity contribution in [1.82, 2.24) is 9.97 Å². The highest BCUT2D eigenvalue weighted by molar-refractivity contribution is 6.05. The molecule has 140 valence electrons. The van der Waals surface area contributed by atoms with Gasteiger partial charge in [0.15, 0.2) is 0 Å². The Labute approximate surface area is 163 Å². The van der Waals surface area contributed by atoms with Crippen molar-refractivity contribution < 1.29 is 9.59 Å². The molecule has 3 aromatic rings. The van der Waals surface area contributed by atoms with Crippen LogP contribution in [0.5, 0.6) is 0 Å². The third-order valence-corrected chi connectivity index (χ3v) is 4.07. The lowest BCUT2D eigenvalue weighted by atomic mass is 10.1. The highest BCUT2D eigenvalue weighted by Crippen LogP contribution is 2.21. The Morgan fingerprint density at radius 1 is 0.929 bits per heavy atom. The molecule has 0 spiro atoms. The Morgan fingerprint density at radius 3 is 2.36 bits per heavy atom. The minimum absolute atomic E-state index is 0.204. The van der Waals surface area contributed by atoms with Crippen molar-refractivity contribution >= 4 is 29.3 Å². The number of rotatable bonds is 5. The zero-order valence-electron chi connectivity index (χ0n) is 15.6. The van der Waals surface area contributed by atoms with Crippen LogP contribution in [0.15, 0.2) is 67.3 Å². The van der Waals surface area contributed by atoms with Gasteiger partial charge in [-0.1, -0.05) is 23.8 Å². The summed E-state index contributed by atoms with van der Waals surface area (Å²) in [5, 5.41) is 5.68. The quantitative estimate of drug-likeness (QED) is 0.663. The Kier molecular flexibility index (Phi) is 5.91. The van der Waals surface area contributed by atoms with Crippen LogP contribution in [0, 0.1) is 13.8 Å². The molecule has 6 nitrogen and oxygen atoms in total. The van der Waals surface area contributed by atoms with E-state index in [2.05, 4.69) is 20.6 Å². The standard InChI is InChI=1S/C22H20N4O2/c1-15-3-7-18(8-4-15)22(28)25-19-9-5-16(2)20(11-19)26-21(27)10-6-17-12-23-14-24-13-17/h3-14H,1-2H3,(H,25,28)(H,26,27). The Bertz CT molecular complexity index is 1010. The summed E-state index contributed by atoms with van der Waals surface area (Å²) in [5.74, 6) is -0.487. The maximum absolute atomic E-state index is 12.4. The molecule has 1 heterocycles. The molecule has 0 aliphatic heterocycles. The maximum atomic E-state index is 12.4. The van der Waals surface area contributed by atoms with E-state index >= 15 is 0 Å². The highest BCUT2D eigenvalue weighted by atomic mass is 16.2. The van der Waals surface area contributed by atoms with Gasteiger partial charge in [-0.15, -0.1) is 0 Å². The molecule has 1 aromatic heterocycles. The molecule has 0 aliphatic rings. The van der Waals surface area contributed by atoms with Crippen molar-refractivity contribution in [2.45, 2.75) is 13.8 Å². The molecule has 2 aromatic carbocycles. The molecule has 0 aliphatic carbocycles. The summed E-state index contributed by atoms with van der Waals surface area (Å²) in [5.41, 5.74) is 4.51. The molecule has 6 heteroatoms. The van der Waals surface area contributed by atoms with E-state index in [1.807, 2.05) is 32.0 Å². The van der Waals surface area contributed by atoms with Crippen LogP contribution < -0.4 is 10.6 Å². The van der Waals surface area contributed by atoms with Crippen LogP contribution in [0.3, 0.4) is 0 Å². The van der Waals surface area contributed by atoms with Gasteiger partial charge in [-0.25, -0.2) is 9.97 Å². The van der Waals surface area contributed by atoms with E-state index in [4.69, 9.17) is 0 Å². The first-order chi connectivity index (χ1) is 13.5. The van der Waals surface area contributed by atoms with Crippen LogP contribution in [0.25, 0.3) is 6.08 Å². The average Bonchev–Trinajstić information content (AvgIpc) is 2.70. The second-order valence-corrected chi connectivity index (χ2v) is 6.34. The molecule has 0 fully saturated rings. The first-order valence-corrected chi connectivity index (χ1v) is 8.74. The van der Waals surface area contributed by atoms with Gasteiger partial charge in [0.05, 0.1) is 0 Å². The number of nitrogens with zero attached hydrogens (tertiary/aromatic N) is 2. The predicted octanol–water partition coefficient (Wildman–Crippen LogP) is 4.00. The van der Waals surface area contributed by atoms with Crippen molar-refractivity contribution in [3.63, 3.8) is 0 Å². The van der Waals surface area contributed by atoms with E-state index in [-0.39, 0.29) is 11.8 Å². The molecule has 0 saturated carbocycles. The number of carbonyl (C=O) groups is 2. The molecule has 28 heavy (non-hydrogen) atoms. The van der Waals surface area contributed by atoms with E-state index in [1.165, 1.54) is 12.4 Å². The molecule has 0 radical (unpaired) electrons. The lowest BCUT2D eigenvalue weighted by Gasteiger charge is -2.11. The Hall–Kier alpha value is -3.80. The SMILES string of the molecule is Cc1ccc(C(=O)Nc2ccc(C)c(NC(=O)C=Cc3cncnc3)c2)cc1. The topological polar surface area (TPSA) is 84.0 Å². The average molecular weight is 372 g/mol. The summed E-state index contributed by atoms with van der Waals surface area (Å²) in [6, 6.07) is 12.7. The molecule has 3 rings (SSSR count). The van der Waals surface area contributed by atoms with Gasteiger partial charge < -0.3 is 10.6 Å². The Morgan fingerprint density at radius 2 is 1.64 bits per heavy atom. The fraction of sp³-hybridized carbons (Fsp3) is 0.0909. The summed E-state index contributed by atoms with van der Waals surface area (Å²) < 4.78 is 0. The summed E-state index contributed by atoms with van der Waals surface area (Å²) >= 11 is 0. The van der Waals surface area contributed by atoms with Gasteiger partial charge in [0.2, 0.25) is 5.91 Å². The van der Waals surface area contributed by atoms with Gasteiger partial charge >= 0.3 is 0 Å². The maximum Gasteiger partial charge on any atom is 0.255 e. The minimum atomic E-state index is -0.283. The van der Waals surface area contributed by atoms with E-state index in [0.717, 1.165) is 16.7 Å². The lowest BCUT2D eigenvalue weighted by Crippen LogP contribution is -2.13. The van der Waals surface area contributed by atoms with Gasteiger partial charge in [-0.2, -0.15) is 0 Å².